The molecule has 3 nitrogen and oxygen atoms in total. The standard InChI is InChI=1S/C26H44N2O/c1-21(2)11-8-14-23(4)16-9-15-22(3)12-6-7-13-24(5)18-19-25-17-10-20-27-26(25)28-29/h11-13,16,25,29H,6-10,14-15,17-20H2,1-5H3,(H,27,28)/b22-12+,23-16+,24-13+. The van der Waals surface area contributed by atoms with Crippen LogP contribution in [0.25, 0.3) is 0 Å². The van der Waals surface area contributed by atoms with Crippen molar-refractivity contribution < 1.29 is 5.21 Å². The van der Waals surface area contributed by atoms with Crippen LogP contribution in [0.1, 0.15) is 98.8 Å². The van der Waals surface area contributed by atoms with Crippen molar-refractivity contribution in [3.63, 3.8) is 0 Å². The Bertz CT molecular complexity index is 619. The Labute approximate surface area is 179 Å². The molecule has 0 radical (unpaired) electrons. The van der Waals surface area contributed by atoms with Crippen molar-refractivity contribution in [2.75, 3.05) is 6.54 Å². The third-order valence-electron chi connectivity index (χ3n) is 5.66. The molecular formula is C26H44N2O. The summed E-state index contributed by atoms with van der Waals surface area (Å²) in [6, 6.07) is 0. The van der Waals surface area contributed by atoms with Gasteiger partial charge in [0.25, 0.3) is 0 Å². The number of unbranched alkanes of at least 4 members (excludes halogenated alkanes) is 1. The van der Waals surface area contributed by atoms with E-state index in [1.165, 1.54) is 35.1 Å². The first kappa shape index (κ1) is 25.4. The van der Waals surface area contributed by atoms with Crippen molar-refractivity contribution in [2.24, 2.45) is 10.9 Å². The van der Waals surface area contributed by atoms with Crippen molar-refractivity contribution in [3.8, 4) is 0 Å². The lowest BCUT2D eigenvalue weighted by molar-refractivity contribution is 0.222. The van der Waals surface area contributed by atoms with E-state index in [2.05, 4.69) is 69.4 Å². The summed E-state index contributed by atoms with van der Waals surface area (Å²) in [4.78, 5) is 4.38. The molecule has 0 fully saturated rings. The molecule has 0 aliphatic carbocycles. The summed E-state index contributed by atoms with van der Waals surface area (Å²) in [5.74, 6) is 1.17. The molecule has 0 saturated carbocycles. The maximum atomic E-state index is 9.19. The molecule has 1 aliphatic heterocycles. The van der Waals surface area contributed by atoms with Gasteiger partial charge in [-0.2, -0.15) is 0 Å². The molecule has 164 valence electrons. The predicted molar refractivity (Wildman–Crippen MR) is 128 cm³/mol. The normalized spacial score (nSPS) is 18.5. The van der Waals surface area contributed by atoms with Crippen LogP contribution in [-0.2, 0) is 0 Å². The molecule has 29 heavy (non-hydrogen) atoms. The minimum absolute atomic E-state index is 0.387. The number of amidine groups is 1. The molecule has 1 aliphatic rings. The molecule has 0 aromatic rings. The maximum Gasteiger partial charge on any atom is 0.123 e. The number of aliphatic imine (C=N–C) groups is 1. The van der Waals surface area contributed by atoms with Crippen molar-refractivity contribution in [1.82, 2.24) is 5.48 Å². The number of hydrogen-bond acceptors (Lipinski definition) is 3. The molecule has 1 atom stereocenters. The van der Waals surface area contributed by atoms with Gasteiger partial charge >= 0.3 is 0 Å². The van der Waals surface area contributed by atoms with E-state index in [-0.39, 0.29) is 0 Å². The van der Waals surface area contributed by atoms with Crippen LogP contribution in [0.2, 0.25) is 0 Å². The number of hydroxylamine groups is 1. The molecular weight excluding hydrogens is 356 g/mol. The Balaban J connectivity index is 2.23. The number of nitrogens with zero attached hydrogens (tertiary/aromatic N) is 1. The van der Waals surface area contributed by atoms with Gasteiger partial charge in [0.2, 0.25) is 0 Å². The molecule has 1 unspecified atom stereocenters. The van der Waals surface area contributed by atoms with Gasteiger partial charge in [-0.3, -0.25) is 15.7 Å². The van der Waals surface area contributed by atoms with Crippen LogP contribution >= 0.6 is 0 Å². The molecule has 1 rings (SSSR count). The number of allylic oxidation sites excluding steroid dienone is 8. The van der Waals surface area contributed by atoms with Gasteiger partial charge in [-0.1, -0.05) is 46.6 Å². The third kappa shape index (κ3) is 12.5. The average Bonchev–Trinajstić information content (AvgIpc) is 2.69. The van der Waals surface area contributed by atoms with E-state index in [0.29, 0.717) is 5.92 Å². The van der Waals surface area contributed by atoms with E-state index < -0.39 is 0 Å². The fraction of sp³-hybridized carbons (Fsp3) is 0.654. The Morgan fingerprint density at radius 2 is 1.41 bits per heavy atom. The lowest BCUT2D eigenvalue weighted by atomic mass is 9.92. The van der Waals surface area contributed by atoms with E-state index in [1.54, 1.807) is 0 Å². The summed E-state index contributed by atoms with van der Waals surface area (Å²) in [6.07, 6.45) is 20.8. The molecule has 1 heterocycles. The van der Waals surface area contributed by atoms with Crippen molar-refractivity contribution in [2.45, 2.75) is 98.8 Å². The van der Waals surface area contributed by atoms with Crippen LogP contribution in [0.15, 0.2) is 51.6 Å². The molecule has 0 bridgehead atoms. The SMILES string of the molecule is CC(C)=CCC/C(C)=C/CC/C(C)=C/CC/C=C(\C)CCC1CCCN=C1NO. The van der Waals surface area contributed by atoms with Crippen LogP contribution < -0.4 is 5.48 Å². The number of nitrogens with one attached hydrogen (secondary N) is 1. The smallest absolute Gasteiger partial charge is 0.123 e. The summed E-state index contributed by atoms with van der Waals surface area (Å²) < 4.78 is 0. The predicted octanol–water partition coefficient (Wildman–Crippen LogP) is 7.70. The quantitative estimate of drug-likeness (QED) is 0.200. The molecule has 2 N–H and O–H groups in total. The molecule has 0 aromatic heterocycles. The van der Waals surface area contributed by atoms with Crippen LogP contribution in [0.3, 0.4) is 0 Å². The lowest BCUT2D eigenvalue weighted by Gasteiger charge is -2.22. The molecule has 0 saturated heterocycles. The molecule has 0 amide bonds. The first-order chi connectivity index (χ1) is 13.9. The zero-order valence-corrected chi connectivity index (χ0v) is 19.6. The second-order valence-electron chi connectivity index (χ2n) is 8.84. The number of hydrogen-bond donors (Lipinski definition) is 2. The zero-order valence-electron chi connectivity index (χ0n) is 19.6. The monoisotopic (exact) mass is 400 g/mol. The van der Waals surface area contributed by atoms with Crippen LogP contribution in [0.4, 0.5) is 0 Å². The maximum absolute atomic E-state index is 9.19. The average molecular weight is 401 g/mol. The Kier molecular flexibility index (Phi) is 13.4. The van der Waals surface area contributed by atoms with Gasteiger partial charge in [-0.15, -0.1) is 0 Å². The summed E-state index contributed by atoms with van der Waals surface area (Å²) >= 11 is 0. The van der Waals surface area contributed by atoms with E-state index in [1.807, 2.05) is 0 Å². The highest BCUT2D eigenvalue weighted by atomic mass is 16.5. The van der Waals surface area contributed by atoms with Gasteiger partial charge in [0, 0.05) is 12.5 Å². The van der Waals surface area contributed by atoms with Crippen LogP contribution in [-0.4, -0.2) is 17.6 Å². The Morgan fingerprint density at radius 3 is 2.00 bits per heavy atom. The highest BCUT2D eigenvalue weighted by Gasteiger charge is 2.18. The fourth-order valence-electron chi connectivity index (χ4n) is 3.71. The van der Waals surface area contributed by atoms with Crippen LogP contribution in [0, 0.1) is 5.92 Å². The minimum atomic E-state index is 0.387. The van der Waals surface area contributed by atoms with Gasteiger partial charge < -0.3 is 0 Å². The first-order valence-electron chi connectivity index (χ1n) is 11.5. The Hall–Kier alpha value is -1.61. The largest absolute Gasteiger partial charge is 0.290 e. The van der Waals surface area contributed by atoms with Gasteiger partial charge in [0.05, 0.1) is 0 Å². The van der Waals surface area contributed by atoms with E-state index in [4.69, 9.17) is 0 Å². The van der Waals surface area contributed by atoms with Crippen molar-refractivity contribution >= 4 is 5.84 Å². The highest BCUT2D eigenvalue weighted by Crippen LogP contribution is 2.21. The van der Waals surface area contributed by atoms with Gasteiger partial charge in [-0.05, 0) is 98.8 Å². The first-order valence-corrected chi connectivity index (χ1v) is 11.5. The highest BCUT2D eigenvalue weighted by molar-refractivity contribution is 5.84. The lowest BCUT2D eigenvalue weighted by Crippen LogP contribution is -2.31. The van der Waals surface area contributed by atoms with E-state index >= 15 is 0 Å². The van der Waals surface area contributed by atoms with E-state index in [9.17, 15) is 5.21 Å². The van der Waals surface area contributed by atoms with Gasteiger partial charge in [0.1, 0.15) is 5.84 Å². The summed E-state index contributed by atoms with van der Waals surface area (Å²) in [6.45, 7) is 11.9. The molecule has 3 heteroatoms. The zero-order chi connectivity index (χ0) is 21.5. The van der Waals surface area contributed by atoms with Gasteiger partial charge in [0.15, 0.2) is 0 Å². The molecule has 0 aromatic carbocycles. The fourth-order valence-corrected chi connectivity index (χ4v) is 3.71. The minimum Gasteiger partial charge on any atom is -0.290 e. The summed E-state index contributed by atoms with van der Waals surface area (Å²) in [7, 11) is 0. The number of rotatable bonds is 12. The van der Waals surface area contributed by atoms with Crippen LogP contribution in [0.5, 0.6) is 0 Å². The van der Waals surface area contributed by atoms with E-state index in [0.717, 1.165) is 63.7 Å². The molecule has 0 spiro atoms. The summed E-state index contributed by atoms with van der Waals surface area (Å²) in [5.41, 5.74) is 8.17. The Morgan fingerprint density at radius 1 is 0.862 bits per heavy atom. The second kappa shape index (κ2) is 15.3. The van der Waals surface area contributed by atoms with Gasteiger partial charge in [-0.25, -0.2) is 0 Å². The summed E-state index contributed by atoms with van der Waals surface area (Å²) in [5, 5.41) is 9.19. The third-order valence-corrected chi connectivity index (χ3v) is 5.66. The van der Waals surface area contributed by atoms with Crippen molar-refractivity contribution in [3.05, 3.63) is 46.6 Å². The van der Waals surface area contributed by atoms with Crippen molar-refractivity contribution in [1.29, 1.82) is 0 Å². The topological polar surface area (TPSA) is 44.6 Å². The second-order valence-corrected chi connectivity index (χ2v) is 8.84.